The van der Waals surface area contributed by atoms with Crippen LogP contribution in [0.25, 0.3) is 10.2 Å². The van der Waals surface area contributed by atoms with Gasteiger partial charge in [-0.25, -0.2) is 4.98 Å². The molecule has 7 nitrogen and oxygen atoms in total. The Kier molecular flexibility index (Phi) is 5.99. The summed E-state index contributed by atoms with van der Waals surface area (Å²) >= 11 is 1.63. The van der Waals surface area contributed by atoms with Gasteiger partial charge in [-0.2, -0.15) is 0 Å². The zero-order chi connectivity index (χ0) is 20.4. The highest BCUT2D eigenvalue weighted by atomic mass is 32.1. The van der Waals surface area contributed by atoms with Gasteiger partial charge in [0.05, 0.1) is 24.2 Å². The van der Waals surface area contributed by atoms with Gasteiger partial charge in [0, 0.05) is 30.9 Å². The summed E-state index contributed by atoms with van der Waals surface area (Å²) in [5.41, 5.74) is 1.13. The van der Waals surface area contributed by atoms with Gasteiger partial charge in [0.15, 0.2) is 0 Å². The number of aromatic nitrogens is 2. The van der Waals surface area contributed by atoms with Crippen molar-refractivity contribution in [3.8, 4) is 0 Å². The van der Waals surface area contributed by atoms with E-state index < -0.39 is 0 Å². The zero-order valence-corrected chi connectivity index (χ0v) is 17.6. The van der Waals surface area contributed by atoms with Crippen molar-refractivity contribution in [3.05, 3.63) is 27.1 Å². The fourth-order valence-corrected chi connectivity index (χ4v) is 5.59. The standard InChI is InChI=1S/C21H27N3O4S/c1-2-28-21(27)14-6-5-10-23(12-14)17(25)9-11-24-13-22-19-18(20(24)26)15-7-3-4-8-16(15)29-19/h13-14H,2-12H2,1H3. The molecule has 2 aliphatic rings. The lowest BCUT2D eigenvalue weighted by Gasteiger charge is -2.31. The highest BCUT2D eigenvalue weighted by molar-refractivity contribution is 7.18. The molecule has 156 valence electrons. The molecule has 1 fully saturated rings. The van der Waals surface area contributed by atoms with E-state index in [1.807, 2.05) is 0 Å². The summed E-state index contributed by atoms with van der Waals surface area (Å²) in [4.78, 5) is 46.0. The van der Waals surface area contributed by atoms with Crippen LogP contribution in [0.3, 0.4) is 0 Å². The number of aryl methyl sites for hydroxylation is 3. The van der Waals surface area contributed by atoms with Crippen LogP contribution in [0, 0.1) is 5.92 Å². The molecule has 0 N–H and O–H groups in total. The van der Waals surface area contributed by atoms with Crippen LogP contribution in [0.4, 0.5) is 0 Å². The molecule has 4 rings (SSSR count). The number of ether oxygens (including phenoxy) is 1. The summed E-state index contributed by atoms with van der Waals surface area (Å²) < 4.78 is 6.67. The van der Waals surface area contributed by atoms with Crippen LogP contribution in [0.5, 0.6) is 0 Å². The number of hydrogen-bond acceptors (Lipinski definition) is 6. The van der Waals surface area contributed by atoms with E-state index in [4.69, 9.17) is 4.74 Å². The molecule has 0 aromatic carbocycles. The molecule has 1 unspecified atom stereocenters. The number of fused-ring (bicyclic) bond motifs is 3. The van der Waals surface area contributed by atoms with E-state index in [0.717, 1.165) is 42.3 Å². The van der Waals surface area contributed by atoms with Crippen LogP contribution in [-0.4, -0.2) is 46.0 Å². The SMILES string of the molecule is CCOC(=O)C1CCCN(C(=O)CCn2cnc3sc4c(c3c2=O)CCCC4)C1. The topological polar surface area (TPSA) is 81.5 Å². The fraction of sp³-hybridized carbons (Fsp3) is 0.619. The average Bonchev–Trinajstić information content (AvgIpc) is 3.12. The van der Waals surface area contributed by atoms with Crippen LogP contribution >= 0.6 is 11.3 Å². The second-order valence-corrected chi connectivity index (χ2v) is 8.90. The summed E-state index contributed by atoms with van der Waals surface area (Å²) in [7, 11) is 0. The number of hydrogen-bond donors (Lipinski definition) is 0. The van der Waals surface area contributed by atoms with Crippen molar-refractivity contribution in [3.63, 3.8) is 0 Å². The van der Waals surface area contributed by atoms with E-state index in [9.17, 15) is 14.4 Å². The average molecular weight is 418 g/mol. The third kappa shape index (κ3) is 4.08. The predicted octanol–water partition coefficient (Wildman–Crippen LogP) is 2.53. The first-order chi connectivity index (χ1) is 14.1. The lowest BCUT2D eigenvalue weighted by molar-refractivity contribution is -0.151. The Morgan fingerprint density at radius 1 is 1.28 bits per heavy atom. The molecular weight excluding hydrogens is 390 g/mol. The molecule has 2 aromatic rings. The van der Waals surface area contributed by atoms with Crippen molar-refractivity contribution in [2.24, 2.45) is 5.92 Å². The fourth-order valence-electron chi connectivity index (χ4n) is 4.37. The van der Waals surface area contributed by atoms with E-state index in [2.05, 4.69) is 4.98 Å². The minimum absolute atomic E-state index is 0.0293. The number of amides is 1. The number of nitrogens with zero attached hydrogens (tertiary/aromatic N) is 3. The van der Waals surface area contributed by atoms with Crippen LogP contribution in [0.15, 0.2) is 11.1 Å². The van der Waals surface area contributed by atoms with Crippen molar-refractivity contribution in [1.82, 2.24) is 14.5 Å². The molecule has 29 heavy (non-hydrogen) atoms. The third-order valence-corrected chi connectivity index (χ3v) is 7.10. The first-order valence-electron chi connectivity index (χ1n) is 10.5. The molecule has 1 aliphatic heterocycles. The number of piperidine rings is 1. The summed E-state index contributed by atoms with van der Waals surface area (Å²) in [5, 5.41) is 0.750. The van der Waals surface area contributed by atoms with Crippen molar-refractivity contribution in [2.75, 3.05) is 19.7 Å². The Labute approximate surface area is 173 Å². The normalized spacial score (nSPS) is 19.2. The van der Waals surface area contributed by atoms with Crippen molar-refractivity contribution < 1.29 is 14.3 Å². The van der Waals surface area contributed by atoms with Gasteiger partial charge in [-0.15, -0.1) is 11.3 Å². The highest BCUT2D eigenvalue weighted by Crippen LogP contribution is 2.33. The minimum Gasteiger partial charge on any atom is -0.466 e. The molecule has 1 amide bonds. The zero-order valence-electron chi connectivity index (χ0n) is 16.8. The van der Waals surface area contributed by atoms with E-state index in [1.54, 1.807) is 34.1 Å². The monoisotopic (exact) mass is 417 g/mol. The van der Waals surface area contributed by atoms with Crippen molar-refractivity contribution in [1.29, 1.82) is 0 Å². The number of carbonyl (C=O) groups excluding carboxylic acids is 2. The van der Waals surface area contributed by atoms with Crippen LogP contribution in [-0.2, 0) is 33.7 Å². The van der Waals surface area contributed by atoms with Gasteiger partial charge < -0.3 is 9.64 Å². The smallest absolute Gasteiger partial charge is 0.310 e. The van der Waals surface area contributed by atoms with Gasteiger partial charge in [-0.1, -0.05) is 0 Å². The second-order valence-electron chi connectivity index (χ2n) is 7.82. The molecule has 1 aliphatic carbocycles. The molecule has 0 radical (unpaired) electrons. The summed E-state index contributed by atoms with van der Waals surface area (Å²) in [6, 6.07) is 0. The Morgan fingerprint density at radius 3 is 2.93 bits per heavy atom. The lowest BCUT2D eigenvalue weighted by Crippen LogP contribution is -2.43. The third-order valence-electron chi connectivity index (χ3n) is 5.90. The van der Waals surface area contributed by atoms with E-state index in [0.29, 0.717) is 26.2 Å². The van der Waals surface area contributed by atoms with Crippen molar-refractivity contribution in [2.45, 2.75) is 58.4 Å². The van der Waals surface area contributed by atoms with Gasteiger partial charge in [0.1, 0.15) is 4.83 Å². The number of carbonyl (C=O) groups is 2. The molecular formula is C21H27N3O4S. The maximum Gasteiger partial charge on any atom is 0.310 e. The van der Waals surface area contributed by atoms with Gasteiger partial charge in [-0.3, -0.25) is 19.0 Å². The molecule has 0 saturated carbocycles. The van der Waals surface area contributed by atoms with E-state index in [1.165, 1.54) is 16.9 Å². The summed E-state index contributed by atoms with van der Waals surface area (Å²) in [6.07, 6.45) is 7.61. The maximum absolute atomic E-state index is 13.0. The van der Waals surface area contributed by atoms with Gasteiger partial charge in [0.2, 0.25) is 5.91 Å². The minimum atomic E-state index is -0.245. The molecule has 1 saturated heterocycles. The van der Waals surface area contributed by atoms with Crippen LogP contribution in [0.2, 0.25) is 0 Å². The summed E-state index contributed by atoms with van der Waals surface area (Å²) in [5.74, 6) is -0.498. The van der Waals surface area contributed by atoms with Crippen LogP contribution in [0.1, 0.15) is 49.5 Å². The van der Waals surface area contributed by atoms with E-state index in [-0.39, 0.29) is 29.8 Å². The largest absolute Gasteiger partial charge is 0.466 e. The number of likely N-dealkylation sites (tertiary alicyclic amines) is 1. The Balaban J connectivity index is 1.44. The van der Waals surface area contributed by atoms with Gasteiger partial charge in [-0.05, 0) is 51.0 Å². The molecule has 0 spiro atoms. The van der Waals surface area contributed by atoms with Crippen LogP contribution < -0.4 is 5.56 Å². The predicted molar refractivity (Wildman–Crippen MR) is 111 cm³/mol. The molecule has 3 heterocycles. The molecule has 8 heteroatoms. The Bertz CT molecular complexity index is 980. The molecule has 2 aromatic heterocycles. The Hall–Kier alpha value is -2.22. The highest BCUT2D eigenvalue weighted by Gasteiger charge is 2.29. The van der Waals surface area contributed by atoms with Crippen molar-refractivity contribution >= 4 is 33.4 Å². The molecule has 0 bridgehead atoms. The quantitative estimate of drug-likeness (QED) is 0.699. The maximum atomic E-state index is 13.0. The van der Waals surface area contributed by atoms with Gasteiger partial charge in [0.25, 0.3) is 5.56 Å². The number of thiophene rings is 1. The summed E-state index contributed by atoms with van der Waals surface area (Å²) in [6.45, 7) is 3.51. The second kappa shape index (κ2) is 8.65. The Morgan fingerprint density at radius 2 is 2.10 bits per heavy atom. The van der Waals surface area contributed by atoms with Gasteiger partial charge >= 0.3 is 5.97 Å². The van der Waals surface area contributed by atoms with E-state index >= 15 is 0 Å². The first-order valence-corrected chi connectivity index (χ1v) is 11.3. The molecule has 1 atom stereocenters. The number of esters is 1. The first kappa shape index (κ1) is 20.1. The number of rotatable bonds is 5. The lowest BCUT2D eigenvalue weighted by atomic mass is 9.97.